The van der Waals surface area contributed by atoms with Crippen molar-refractivity contribution in [2.75, 3.05) is 38.8 Å². The van der Waals surface area contributed by atoms with Crippen molar-refractivity contribution < 1.29 is 9.26 Å². The van der Waals surface area contributed by atoms with Crippen molar-refractivity contribution in [3.63, 3.8) is 0 Å². The monoisotopic (exact) mass is 381 g/mol. The first kappa shape index (κ1) is 18.8. The van der Waals surface area contributed by atoms with E-state index in [1.165, 1.54) is 6.42 Å². The van der Waals surface area contributed by atoms with Gasteiger partial charge in [-0.05, 0) is 37.9 Å². The molecule has 0 amide bonds. The van der Waals surface area contributed by atoms with Gasteiger partial charge in [-0.1, -0.05) is 17.3 Å². The summed E-state index contributed by atoms with van der Waals surface area (Å²) >= 11 is 0. The SMILES string of the molecule is COCC1CCCN(c2nc(CN(C)Cc3ccon3)nc3ccccc23)C1. The Labute approximate surface area is 165 Å². The second-order valence-electron chi connectivity index (χ2n) is 7.55. The summed E-state index contributed by atoms with van der Waals surface area (Å²) in [6.07, 6.45) is 3.97. The molecule has 1 fully saturated rings. The Morgan fingerprint density at radius 1 is 1.21 bits per heavy atom. The van der Waals surface area contributed by atoms with E-state index in [1.807, 2.05) is 19.2 Å². The molecule has 1 atom stereocenters. The number of ether oxygens (including phenoxy) is 1. The van der Waals surface area contributed by atoms with Crippen LogP contribution in [0.1, 0.15) is 24.4 Å². The quantitative estimate of drug-likeness (QED) is 0.623. The van der Waals surface area contributed by atoms with Crippen molar-refractivity contribution >= 4 is 16.7 Å². The van der Waals surface area contributed by atoms with E-state index in [1.54, 1.807) is 13.4 Å². The van der Waals surface area contributed by atoms with Crippen LogP contribution in [0.5, 0.6) is 0 Å². The maximum atomic E-state index is 5.40. The van der Waals surface area contributed by atoms with Gasteiger partial charge in [0.15, 0.2) is 0 Å². The molecule has 7 heteroatoms. The Hall–Kier alpha value is -2.51. The Balaban J connectivity index is 1.60. The van der Waals surface area contributed by atoms with Gasteiger partial charge in [-0.25, -0.2) is 9.97 Å². The van der Waals surface area contributed by atoms with E-state index in [0.29, 0.717) is 19.0 Å². The summed E-state index contributed by atoms with van der Waals surface area (Å²) in [4.78, 5) is 14.3. The van der Waals surface area contributed by atoms with Gasteiger partial charge in [-0.2, -0.15) is 0 Å². The Bertz CT molecular complexity index is 897. The van der Waals surface area contributed by atoms with Crippen molar-refractivity contribution in [1.82, 2.24) is 20.0 Å². The van der Waals surface area contributed by atoms with Crippen LogP contribution in [0.4, 0.5) is 5.82 Å². The standard InChI is InChI=1S/C21H27N5O2/c1-25(13-17-9-11-28-24-17)14-20-22-19-8-4-3-7-18(19)21(23-20)26-10-5-6-16(12-26)15-27-2/h3-4,7-9,11,16H,5-6,10,12-15H2,1-2H3. The van der Waals surface area contributed by atoms with Gasteiger partial charge in [0.05, 0.1) is 24.4 Å². The van der Waals surface area contributed by atoms with Crippen LogP contribution in [-0.2, 0) is 17.8 Å². The predicted molar refractivity (Wildman–Crippen MR) is 108 cm³/mol. The summed E-state index contributed by atoms with van der Waals surface area (Å²) in [6, 6.07) is 10.2. The molecule has 0 bridgehead atoms. The van der Waals surface area contributed by atoms with Crippen LogP contribution in [0.15, 0.2) is 41.1 Å². The topological polar surface area (TPSA) is 67.5 Å². The zero-order valence-corrected chi connectivity index (χ0v) is 16.5. The van der Waals surface area contributed by atoms with Crippen molar-refractivity contribution in [3.8, 4) is 0 Å². The van der Waals surface area contributed by atoms with Gasteiger partial charge >= 0.3 is 0 Å². The first-order chi connectivity index (χ1) is 13.7. The molecule has 3 aromatic rings. The highest BCUT2D eigenvalue weighted by Gasteiger charge is 2.23. The Morgan fingerprint density at radius 3 is 2.93 bits per heavy atom. The van der Waals surface area contributed by atoms with E-state index < -0.39 is 0 Å². The van der Waals surface area contributed by atoms with Gasteiger partial charge in [-0.3, -0.25) is 4.90 Å². The lowest BCUT2D eigenvalue weighted by Crippen LogP contribution is -2.38. The minimum absolute atomic E-state index is 0.547. The van der Waals surface area contributed by atoms with Crippen LogP contribution in [0.3, 0.4) is 0 Å². The molecule has 1 aromatic carbocycles. The molecule has 0 aliphatic carbocycles. The van der Waals surface area contributed by atoms with Crippen LogP contribution in [0.2, 0.25) is 0 Å². The van der Waals surface area contributed by atoms with E-state index in [2.05, 4.69) is 33.2 Å². The summed E-state index contributed by atoms with van der Waals surface area (Å²) in [7, 11) is 3.82. The lowest BCUT2D eigenvalue weighted by atomic mass is 9.98. The normalized spacial score (nSPS) is 17.5. The molecule has 1 aliphatic rings. The number of fused-ring (bicyclic) bond motifs is 1. The highest BCUT2D eigenvalue weighted by molar-refractivity contribution is 5.89. The summed E-state index contributed by atoms with van der Waals surface area (Å²) in [6.45, 7) is 4.15. The number of para-hydroxylation sites is 1. The van der Waals surface area contributed by atoms with E-state index in [9.17, 15) is 0 Å². The Kier molecular flexibility index (Phi) is 5.83. The third-order valence-electron chi connectivity index (χ3n) is 5.18. The molecule has 0 saturated carbocycles. The minimum atomic E-state index is 0.547. The number of nitrogens with zero attached hydrogens (tertiary/aromatic N) is 5. The fourth-order valence-corrected chi connectivity index (χ4v) is 3.94. The summed E-state index contributed by atoms with van der Waals surface area (Å²) in [5, 5.41) is 5.10. The number of rotatable bonds is 7. The highest BCUT2D eigenvalue weighted by Crippen LogP contribution is 2.28. The zero-order valence-electron chi connectivity index (χ0n) is 16.5. The molecule has 0 spiro atoms. The number of hydrogen-bond acceptors (Lipinski definition) is 7. The smallest absolute Gasteiger partial charge is 0.145 e. The summed E-state index contributed by atoms with van der Waals surface area (Å²) < 4.78 is 10.3. The number of anilines is 1. The number of aromatic nitrogens is 3. The average Bonchev–Trinajstić information content (AvgIpc) is 3.20. The first-order valence-corrected chi connectivity index (χ1v) is 9.80. The largest absolute Gasteiger partial charge is 0.384 e. The molecule has 7 nitrogen and oxygen atoms in total. The van der Waals surface area contributed by atoms with Gasteiger partial charge in [-0.15, -0.1) is 0 Å². The van der Waals surface area contributed by atoms with Gasteiger partial charge in [0.2, 0.25) is 0 Å². The first-order valence-electron chi connectivity index (χ1n) is 9.80. The van der Waals surface area contributed by atoms with Crippen LogP contribution in [0.25, 0.3) is 10.9 Å². The van der Waals surface area contributed by atoms with Crippen LogP contribution < -0.4 is 4.90 Å². The van der Waals surface area contributed by atoms with Crippen LogP contribution in [-0.4, -0.2) is 53.9 Å². The van der Waals surface area contributed by atoms with Crippen LogP contribution >= 0.6 is 0 Å². The molecule has 4 rings (SSSR count). The summed E-state index contributed by atoms with van der Waals surface area (Å²) in [5.41, 5.74) is 1.90. The maximum absolute atomic E-state index is 5.40. The molecule has 0 N–H and O–H groups in total. The van der Waals surface area contributed by atoms with Gasteiger partial charge in [0.1, 0.15) is 17.9 Å². The number of benzene rings is 1. The molecule has 1 saturated heterocycles. The number of piperidine rings is 1. The molecule has 1 unspecified atom stereocenters. The molecule has 1 aliphatic heterocycles. The average molecular weight is 381 g/mol. The second kappa shape index (κ2) is 8.67. The molecule has 28 heavy (non-hydrogen) atoms. The van der Waals surface area contributed by atoms with Crippen molar-refractivity contribution in [2.24, 2.45) is 5.92 Å². The van der Waals surface area contributed by atoms with Crippen molar-refractivity contribution in [3.05, 3.63) is 48.1 Å². The van der Waals surface area contributed by atoms with Crippen molar-refractivity contribution in [2.45, 2.75) is 25.9 Å². The predicted octanol–water partition coefficient (Wildman–Crippen LogP) is 3.11. The minimum Gasteiger partial charge on any atom is -0.384 e. The molecule has 0 radical (unpaired) electrons. The molecule has 3 heterocycles. The fraction of sp³-hybridized carbons (Fsp3) is 0.476. The molecular formula is C21H27N5O2. The third kappa shape index (κ3) is 4.31. The van der Waals surface area contributed by atoms with E-state index in [-0.39, 0.29) is 0 Å². The van der Waals surface area contributed by atoms with Gasteiger partial charge < -0.3 is 14.2 Å². The van der Waals surface area contributed by atoms with E-state index >= 15 is 0 Å². The lowest BCUT2D eigenvalue weighted by molar-refractivity contribution is 0.143. The molecular weight excluding hydrogens is 354 g/mol. The second-order valence-corrected chi connectivity index (χ2v) is 7.55. The number of methoxy groups -OCH3 is 1. The fourth-order valence-electron chi connectivity index (χ4n) is 3.94. The maximum Gasteiger partial charge on any atom is 0.145 e. The van der Waals surface area contributed by atoms with Crippen LogP contribution in [0, 0.1) is 5.92 Å². The highest BCUT2D eigenvalue weighted by atomic mass is 16.5. The number of hydrogen-bond donors (Lipinski definition) is 0. The van der Waals surface area contributed by atoms with E-state index in [4.69, 9.17) is 19.2 Å². The van der Waals surface area contributed by atoms with E-state index in [0.717, 1.165) is 54.4 Å². The zero-order chi connectivity index (χ0) is 19.3. The van der Waals surface area contributed by atoms with Gasteiger partial charge in [0, 0.05) is 38.2 Å². The van der Waals surface area contributed by atoms with Gasteiger partial charge in [0.25, 0.3) is 0 Å². The molecule has 148 valence electrons. The summed E-state index contributed by atoms with van der Waals surface area (Å²) in [5.74, 6) is 2.41. The Morgan fingerprint density at radius 2 is 2.11 bits per heavy atom. The lowest BCUT2D eigenvalue weighted by Gasteiger charge is -2.34. The molecule has 2 aromatic heterocycles. The third-order valence-corrected chi connectivity index (χ3v) is 5.18. The van der Waals surface area contributed by atoms with Crippen molar-refractivity contribution in [1.29, 1.82) is 0 Å².